The van der Waals surface area contributed by atoms with Gasteiger partial charge in [0.2, 0.25) is 0 Å². The molecule has 0 bridgehead atoms. The monoisotopic (exact) mass is 305 g/mol. The van der Waals surface area contributed by atoms with Crippen LogP contribution in [0, 0.1) is 0 Å². The Bertz CT molecular complexity index is 1170. The zero-order valence-electron chi connectivity index (χ0n) is 13.1. The number of hydrogen-bond acceptors (Lipinski definition) is 1. The van der Waals surface area contributed by atoms with Gasteiger partial charge in [-0.3, -0.25) is 4.98 Å². The molecule has 1 aromatic heterocycles. The molecule has 24 heavy (non-hydrogen) atoms. The first-order valence-corrected chi connectivity index (χ1v) is 8.16. The third-order valence-corrected chi connectivity index (χ3v) is 4.68. The van der Waals surface area contributed by atoms with E-state index in [1.54, 1.807) is 0 Å². The summed E-state index contributed by atoms with van der Waals surface area (Å²) in [5.41, 5.74) is 2.20. The zero-order chi connectivity index (χ0) is 15.9. The van der Waals surface area contributed by atoms with Crippen molar-refractivity contribution < 1.29 is 0 Å². The lowest BCUT2D eigenvalue weighted by Crippen LogP contribution is -1.86. The van der Waals surface area contributed by atoms with Gasteiger partial charge in [0.05, 0.1) is 5.69 Å². The first-order chi connectivity index (χ1) is 11.9. The summed E-state index contributed by atoms with van der Waals surface area (Å²) in [5.74, 6) is 0. The van der Waals surface area contributed by atoms with Crippen molar-refractivity contribution in [3.05, 3.63) is 90.3 Å². The van der Waals surface area contributed by atoms with Gasteiger partial charge in [-0.2, -0.15) is 0 Å². The molecular formula is C23H15N. The largest absolute Gasteiger partial charge is 0.257 e. The molecule has 112 valence electrons. The first kappa shape index (κ1) is 13.3. The smallest absolute Gasteiger partial charge is 0.0629 e. The molecule has 0 N–H and O–H groups in total. The molecule has 0 radical (unpaired) electrons. The van der Waals surface area contributed by atoms with Crippen molar-refractivity contribution >= 4 is 44.5 Å². The number of nitrogens with zero attached hydrogens (tertiary/aromatic N) is 1. The van der Waals surface area contributed by atoms with Gasteiger partial charge in [0.15, 0.2) is 0 Å². The molecule has 0 atom stereocenters. The number of aromatic nitrogens is 1. The van der Waals surface area contributed by atoms with Crippen molar-refractivity contribution in [3.63, 3.8) is 0 Å². The summed E-state index contributed by atoms with van der Waals surface area (Å²) in [6.45, 7) is 0. The van der Waals surface area contributed by atoms with Crippen LogP contribution in [-0.2, 0) is 0 Å². The molecule has 5 rings (SSSR count). The highest BCUT2D eigenvalue weighted by Crippen LogP contribution is 2.36. The van der Waals surface area contributed by atoms with Crippen molar-refractivity contribution in [3.8, 4) is 0 Å². The molecule has 5 aromatic rings. The third-order valence-electron chi connectivity index (χ3n) is 4.68. The Labute approximate surface area is 140 Å². The highest BCUT2D eigenvalue weighted by atomic mass is 14.6. The maximum Gasteiger partial charge on any atom is 0.0629 e. The molecule has 0 saturated heterocycles. The van der Waals surface area contributed by atoms with E-state index in [0.29, 0.717) is 0 Å². The molecule has 0 saturated carbocycles. The van der Waals surface area contributed by atoms with E-state index in [1.165, 1.54) is 37.9 Å². The average Bonchev–Trinajstić information content (AvgIpc) is 2.66. The number of rotatable bonds is 2. The molecule has 1 nitrogen and oxygen atoms in total. The molecule has 0 aliphatic rings. The summed E-state index contributed by atoms with van der Waals surface area (Å²) >= 11 is 0. The third kappa shape index (κ3) is 1.99. The van der Waals surface area contributed by atoms with E-state index in [2.05, 4.69) is 71.7 Å². The van der Waals surface area contributed by atoms with Crippen LogP contribution >= 0.6 is 0 Å². The molecule has 0 fully saturated rings. The van der Waals surface area contributed by atoms with Crippen molar-refractivity contribution in [1.29, 1.82) is 0 Å². The molecule has 0 amide bonds. The van der Waals surface area contributed by atoms with E-state index < -0.39 is 0 Å². The molecule has 4 aromatic carbocycles. The predicted octanol–water partition coefficient (Wildman–Crippen LogP) is 6.15. The Balaban J connectivity index is 1.80. The van der Waals surface area contributed by atoms with Crippen LogP contribution < -0.4 is 0 Å². The van der Waals surface area contributed by atoms with E-state index in [9.17, 15) is 0 Å². The number of pyridine rings is 1. The first-order valence-electron chi connectivity index (χ1n) is 8.16. The second-order valence-corrected chi connectivity index (χ2v) is 6.10. The van der Waals surface area contributed by atoms with Gasteiger partial charge in [0, 0.05) is 6.20 Å². The predicted molar refractivity (Wildman–Crippen MR) is 103 cm³/mol. The SMILES string of the molecule is C(=Cc1ccc2ccc3cccc4ccc1c2c34)c1ccccn1. The van der Waals surface area contributed by atoms with Crippen LogP contribution in [0.25, 0.3) is 44.5 Å². The molecular weight excluding hydrogens is 290 g/mol. The van der Waals surface area contributed by atoms with Gasteiger partial charge in [0.1, 0.15) is 0 Å². The Kier molecular flexibility index (Phi) is 2.86. The number of benzene rings is 4. The van der Waals surface area contributed by atoms with Crippen molar-refractivity contribution in [2.24, 2.45) is 0 Å². The van der Waals surface area contributed by atoms with Crippen molar-refractivity contribution in [2.45, 2.75) is 0 Å². The van der Waals surface area contributed by atoms with Gasteiger partial charge >= 0.3 is 0 Å². The standard InChI is InChI=1S/C23H15N/c1-2-15-24-20(6-1)13-11-16-7-8-19-10-9-17-4-3-5-18-12-14-21(16)23(19)22(17)18/h1-15H. The van der Waals surface area contributed by atoms with E-state index in [-0.39, 0.29) is 0 Å². The molecule has 0 aliphatic heterocycles. The Hall–Kier alpha value is -3.19. The fourth-order valence-electron chi connectivity index (χ4n) is 3.55. The van der Waals surface area contributed by atoms with E-state index >= 15 is 0 Å². The van der Waals surface area contributed by atoms with Gasteiger partial charge in [-0.15, -0.1) is 0 Å². The van der Waals surface area contributed by atoms with Gasteiger partial charge in [0.25, 0.3) is 0 Å². The quantitative estimate of drug-likeness (QED) is 0.356. The second kappa shape index (κ2) is 5.17. The van der Waals surface area contributed by atoms with Crippen molar-refractivity contribution in [1.82, 2.24) is 4.98 Å². The summed E-state index contributed by atoms with van der Waals surface area (Å²) in [4.78, 5) is 4.37. The molecule has 1 heteroatoms. The maximum atomic E-state index is 4.37. The van der Waals surface area contributed by atoms with E-state index in [1.807, 2.05) is 24.4 Å². The van der Waals surface area contributed by atoms with E-state index in [0.717, 1.165) is 5.69 Å². The highest BCUT2D eigenvalue weighted by molar-refractivity contribution is 6.24. The molecule has 0 unspecified atom stereocenters. The average molecular weight is 305 g/mol. The highest BCUT2D eigenvalue weighted by Gasteiger charge is 2.09. The lowest BCUT2D eigenvalue weighted by atomic mass is 9.92. The normalized spacial score (nSPS) is 12.0. The Morgan fingerprint density at radius 1 is 0.583 bits per heavy atom. The summed E-state index contributed by atoms with van der Waals surface area (Å²) in [5, 5.41) is 7.91. The lowest BCUT2D eigenvalue weighted by molar-refractivity contribution is 1.30. The fourth-order valence-corrected chi connectivity index (χ4v) is 3.55. The lowest BCUT2D eigenvalue weighted by Gasteiger charge is -2.12. The van der Waals surface area contributed by atoms with Crippen LogP contribution in [0.5, 0.6) is 0 Å². The second-order valence-electron chi connectivity index (χ2n) is 6.10. The summed E-state index contributed by atoms with van der Waals surface area (Å²) in [7, 11) is 0. The van der Waals surface area contributed by atoms with Crippen LogP contribution in [0.2, 0.25) is 0 Å². The van der Waals surface area contributed by atoms with Crippen LogP contribution in [0.1, 0.15) is 11.3 Å². The van der Waals surface area contributed by atoms with Crippen LogP contribution in [0.15, 0.2) is 79.0 Å². The van der Waals surface area contributed by atoms with Crippen molar-refractivity contribution in [2.75, 3.05) is 0 Å². The minimum Gasteiger partial charge on any atom is -0.257 e. The van der Waals surface area contributed by atoms with Gasteiger partial charge in [-0.1, -0.05) is 66.7 Å². The van der Waals surface area contributed by atoms with Gasteiger partial charge in [-0.25, -0.2) is 0 Å². The fraction of sp³-hybridized carbons (Fsp3) is 0. The van der Waals surface area contributed by atoms with Gasteiger partial charge in [-0.05, 0) is 56.1 Å². The molecule has 0 aliphatic carbocycles. The summed E-state index contributed by atoms with van der Waals surface area (Å²) in [6.07, 6.45) is 6.06. The van der Waals surface area contributed by atoms with Crippen LogP contribution in [0.3, 0.4) is 0 Å². The van der Waals surface area contributed by atoms with Crippen LogP contribution in [-0.4, -0.2) is 4.98 Å². The minimum atomic E-state index is 0.975. The number of hydrogen-bond donors (Lipinski definition) is 0. The summed E-state index contributed by atoms with van der Waals surface area (Å²) < 4.78 is 0. The van der Waals surface area contributed by atoms with E-state index in [4.69, 9.17) is 0 Å². The Morgan fingerprint density at radius 2 is 1.33 bits per heavy atom. The molecule has 1 heterocycles. The molecule has 0 spiro atoms. The zero-order valence-corrected chi connectivity index (χ0v) is 13.1. The minimum absolute atomic E-state index is 0.975. The van der Waals surface area contributed by atoms with Crippen LogP contribution in [0.4, 0.5) is 0 Å². The maximum absolute atomic E-state index is 4.37. The Morgan fingerprint density at radius 3 is 2.12 bits per heavy atom. The van der Waals surface area contributed by atoms with Gasteiger partial charge < -0.3 is 0 Å². The summed E-state index contributed by atoms with van der Waals surface area (Å²) in [6, 6.07) is 25.8. The topological polar surface area (TPSA) is 12.9 Å².